The van der Waals surface area contributed by atoms with Gasteiger partial charge in [-0.1, -0.05) is 27.7 Å². The van der Waals surface area contributed by atoms with E-state index in [1.807, 2.05) is 13.8 Å². The molecule has 8 heteroatoms. The average Bonchev–Trinajstić information content (AvgIpc) is 2.62. The molecule has 2 saturated carbocycles. The van der Waals surface area contributed by atoms with E-state index in [-0.39, 0.29) is 74.0 Å². The van der Waals surface area contributed by atoms with Crippen LogP contribution >= 0.6 is 0 Å². The Balaban J connectivity index is 0.00000272. The summed E-state index contributed by atoms with van der Waals surface area (Å²) in [5.74, 6) is -1.63. The third kappa shape index (κ3) is 3.30. The van der Waals surface area contributed by atoms with Crippen molar-refractivity contribution < 1.29 is 78.4 Å². The van der Waals surface area contributed by atoms with Crippen LogP contribution in [0.25, 0.3) is 0 Å². The zero-order chi connectivity index (χ0) is 22.4. The first-order chi connectivity index (χ1) is 13.8. The molecule has 0 aromatic heterocycles. The molecule has 4 aliphatic rings. The Hall–Kier alpha value is 0.162. The summed E-state index contributed by atoms with van der Waals surface area (Å²) in [4.78, 5) is 25.9. The number of esters is 1. The molecular weight excluding hydrogens is 615 g/mol. The molecule has 2 bridgehead atoms. The summed E-state index contributed by atoms with van der Waals surface area (Å²) in [6.45, 7) is 10.7. The second-order valence-corrected chi connectivity index (χ2v) is 10.7. The molecule has 9 atom stereocenters. The van der Waals surface area contributed by atoms with Crippen LogP contribution in [0.4, 0.5) is 0 Å². The summed E-state index contributed by atoms with van der Waals surface area (Å²) in [6, 6.07) is 0. The smallest absolute Gasteiger partial charge is 0.303 e. The first-order valence-corrected chi connectivity index (χ1v) is 10.9. The number of carbonyl (C=O) groups excluding carboxylic acids is 2. The Bertz CT molecular complexity index is 823. The van der Waals surface area contributed by atoms with Crippen LogP contribution in [0.2, 0.25) is 0 Å². The van der Waals surface area contributed by atoms with Gasteiger partial charge in [-0.2, -0.15) is 0 Å². The van der Waals surface area contributed by atoms with Gasteiger partial charge in [0.1, 0.15) is 17.8 Å². The summed E-state index contributed by atoms with van der Waals surface area (Å²) in [6.07, 6.45) is -2.81. The Morgan fingerprint density at radius 3 is 2.35 bits per heavy atom. The van der Waals surface area contributed by atoms with Gasteiger partial charge in [-0.15, -0.1) is 0 Å². The van der Waals surface area contributed by atoms with Crippen LogP contribution in [-0.4, -0.2) is 63.7 Å². The number of hydrogen-bond donors (Lipinski definition) is 3. The summed E-state index contributed by atoms with van der Waals surface area (Å²) >= 11 is 0. The van der Waals surface area contributed by atoms with Gasteiger partial charge in [0.05, 0.1) is 18.8 Å². The van der Waals surface area contributed by atoms with Gasteiger partial charge < -0.3 is 24.8 Å². The van der Waals surface area contributed by atoms with Crippen molar-refractivity contribution in [3.8, 4) is 0 Å². The van der Waals surface area contributed by atoms with Crippen LogP contribution in [0.15, 0.2) is 11.1 Å². The van der Waals surface area contributed by atoms with Crippen molar-refractivity contribution in [3.63, 3.8) is 0 Å². The van der Waals surface area contributed by atoms with Crippen molar-refractivity contribution in [1.29, 1.82) is 0 Å². The van der Waals surface area contributed by atoms with Crippen molar-refractivity contribution in [1.82, 2.24) is 0 Å². The molecule has 0 aromatic carbocycles. The number of ketones is 1. The first kappa shape index (κ1) is 25.8. The average molecular weight is 650 g/mol. The number of aliphatic hydroxyl groups is 3. The molecule has 1 aliphatic heterocycles. The van der Waals surface area contributed by atoms with Crippen LogP contribution < -0.4 is 0 Å². The van der Waals surface area contributed by atoms with Crippen LogP contribution in [0.3, 0.4) is 0 Å². The predicted molar refractivity (Wildman–Crippen MR) is 107 cm³/mol. The summed E-state index contributed by atoms with van der Waals surface area (Å²) in [7, 11) is 0. The van der Waals surface area contributed by atoms with Crippen molar-refractivity contribution >= 4 is 11.8 Å². The van der Waals surface area contributed by atoms with E-state index in [1.165, 1.54) is 6.92 Å². The van der Waals surface area contributed by atoms with E-state index in [4.69, 9.17) is 9.47 Å². The van der Waals surface area contributed by atoms with Gasteiger partial charge in [-0.3, -0.25) is 9.59 Å². The van der Waals surface area contributed by atoms with Gasteiger partial charge in [0.2, 0.25) is 0 Å². The van der Waals surface area contributed by atoms with Gasteiger partial charge >= 0.3 is 5.97 Å². The van der Waals surface area contributed by atoms with E-state index in [9.17, 15) is 24.9 Å². The number of hydrogen-bond acceptors (Lipinski definition) is 7. The maximum Gasteiger partial charge on any atom is 0.303 e. The SMILES string of the molecule is CC(=O)O[C@H]1C2[C@@H]3CO[C@@H]3C[C@H](C)[C@@]2(C)[C@H](O)C(=O)C2=C(C)[C@@H](O)C[C@]1(O)C2(C)C.[Ac]. The maximum atomic E-state index is 13.7. The molecule has 1 heterocycles. The second-order valence-electron chi connectivity index (χ2n) is 10.7. The molecule has 3 fully saturated rings. The van der Waals surface area contributed by atoms with Gasteiger partial charge in [0.15, 0.2) is 5.78 Å². The molecule has 1 saturated heterocycles. The molecule has 7 nitrogen and oxygen atoms in total. The van der Waals surface area contributed by atoms with Crippen LogP contribution in [0.5, 0.6) is 0 Å². The third-order valence-electron chi connectivity index (χ3n) is 9.09. The fourth-order valence-corrected chi connectivity index (χ4v) is 6.93. The van der Waals surface area contributed by atoms with Crippen molar-refractivity contribution in [2.24, 2.45) is 28.6 Å². The maximum absolute atomic E-state index is 13.7. The Labute approximate surface area is 219 Å². The molecule has 31 heavy (non-hydrogen) atoms. The van der Waals surface area contributed by atoms with Gasteiger partial charge in [0, 0.05) is 85.6 Å². The van der Waals surface area contributed by atoms with Crippen molar-refractivity contribution in [2.45, 2.75) is 84.4 Å². The standard InChI is InChI=1S/C23H34O7.Ac/c1-10-7-15-13(9-29-15)17-20(30-12(3)24)23(28)8-14(25)11(2)16(21(23,4)5)18(26)19(27)22(10,17)6;/h10,13-15,17,19-20,25,27-28H,7-9H2,1-6H3;/t10-,13+,14-,15+,17?,19+,20-,22+,23+;/m0./s1. The second kappa shape index (κ2) is 8.13. The zero-order valence-electron chi connectivity index (χ0n) is 19.2. The fourth-order valence-electron chi connectivity index (χ4n) is 6.93. The number of carbonyl (C=O) groups is 2. The van der Waals surface area contributed by atoms with E-state index >= 15 is 0 Å². The molecule has 4 rings (SSSR count). The minimum Gasteiger partial charge on any atom is -0.459 e. The summed E-state index contributed by atoms with van der Waals surface area (Å²) in [5.41, 5.74) is -3.01. The molecule has 3 aliphatic carbocycles. The molecule has 171 valence electrons. The largest absolute Gasteiger partial charge is 0.459 e. The topological polar surface area (TPSA) is 113 Å². The number of aliphatic hydroxyl groups excluding tert-OH is 2. The molecule has 1 unspecified atom stereocenters. The van der Waals surface area contributed by atoms with Crippen LogP contribution in [-0.2, 0) is 19.1 Å². The molecular formula is C23H34AcO7. The number of Topliss-reactive ketones (excluding diaryl/α,β-unsaturated/α-hetero) is 1. The van der Waals surface area contributed by atoms with E-state index in [0.717, 1.165) is 0 Å². The molecule has 1 radical (unpaired) electrons. The van der Waals surface area contributed by atoms with Gasteiger partial charge in [-0.25, -0.2) is 0 Å². The number of rotatable bonds is 1. The fraction of sp³-hybridized carbons (Fsp3) is 0.826. The van der Waals surface area contributed by atoms with Crippen LogP contribution in [0.1, 0.15) is 54.4 Å². The van der Waals surface area contributed by atoms with Gasteiger partial charge in [0.25, 0.3) is 0 Å². The first-order valence-electron chi connectivity index (χ1n) is 10.9. The third-order valence-corrected chi connectivity index (χ3v) is 9.09. The molecule has 3 N–H and O–H groups in total. The molecule has 0 amide bonds. The van der Waals surface area contributed by atoms with E-state index in [2.05, 4.69) is 0 Å². The summed E-state index contributed by atoms with van der Waals surface area (Å²) in [5, 5.41) is 34.4. The van der Waals surface area contributed by atoms with E-state index < -0.39 is 52.4 Å². The molecule has 0 spiro atoms. The monoisotopic (exact) mass is 649 g/mol. The normalized spacial score (nSPS) is 48.3. The number of ether oxygens (including phenoxy) is 2. The van der Waals surface area contributed by atoms with Crippen molar-refractivity contribution in [3.05, 3.63) is 11.1 Å². The van der Waals surface area contributed by atoms with Crippen LogP contribution in [0, 0.1) is 72.6 Å². The Morgan fingerprint density at radius 1 is 1.23 bits per heavy atom. The van der Waals surface area contributed by atoms with Crippen molar-refractivity contribution in [2.75, 3.05) is 6.61 Å². The predicted octanol–water partition coefficient (Wildman–Crippen LogP) is 1.38. The van der Waals surface area contributed by atoms with E-state index in [1.54, 1.807) is 20.8 Å². The minimum absolute atomic E-state index is 0. The Morgan fingerprint density at radius 2 is 1.84 bits per heavy atom. The van der Waals surface area contributed by atoms with Gasteiger partial charge in [-0.05, 0) is 24.8 Å². The molecule has 0 aromatic rings. The zero-order valence-corrected chi connectivity index (χ0v) is 24.0. The Kier molecular flexibility index (Phi) is 6.76. The quantitative estimate of drug-likeness (QED) is 0.368. The summed E-state index contributed by atoms with van der Waals surface area (Å²) < 4.78 is 11.6. The number of fused-ring (bicyclic) bond motifs is 5. The minimum atomic E-state index is -1.67. The van der Waals surface area contributed by atoms with E-state index in [0.29, 0.717) is 18.6 Å².